The minimum absolute atomic E-state index is 0.0292. The van der Waals surface area contributed by atoms with Gasteiger partial charge in [0.15, 0.2) is 0 Å². The van der Waals surface area contributed by atoms with Gasteiger partial charge in [-0.1, -0.05) is 0 Å². The fourth-order valence-electron chi connectivity index (χ4n) is 2.69. The minimum Gasteiger partial charge on any atom is -0.490 e. The van der Waals surface area contributed by atoms with Crippen molar-refractivity contribution in [3.8, 4) is 5.75 Å². The van der Waals surface area contributed by atoms with Crippen LogP contribution in [0.4, 0.5) is 13.2 Å². The zero-order chi connectivity index (χ0) is 17.3. The molecular formula is C14H19F3N2O3S. The van der Waals surface area contributed by atoms with E-state index in [-0.39, 0.29) is 30.4 Å². The number of hydrogen-bond donors (Lipinski definition) is 2. The maximum Gasteiger partial charge on any atom is 0.391 e. The smallest absolute Gasteiger partial charge is 0.391 e. The molecule has 2 rings (SSSR count). The summed E-state index contributed by atoms with van der Waals surface area (Å²) in [5.74, 6) is -0.892. The maximum atomic E-state index is 12.6. The molecule has 0 spiro atoms. The number of benzene rings is 1. The van der Waals surface area contributed by atoms with Crippen LogP contribution in [0.25, 0.3) is 0 Å². The Bertz CT molecular complexity index is 654. The van der Waals surface area contributed by atoms with Gasteiger partial charge in [-0.25, -0.2) is 13.6 Å². The van der Waals surface area contributed by atoms with E-state index in [2.05, 4.69) is 0 Å². The molecule has 9 heteroatoms. The zero-order valence-corrected chi connectivity index (χ0v) is 13.2. The third-order valence-electron chi connectivity index (χ3n) is 4.01. The molecule has 0 aromatic heterocycles. The Kier molecular flexibility index (Phi) is 5.22. The third-order valence-corrected chi connectivity index (χ3v) is 4.92. The average molecular weight is 352 g/mol. The first-order valence-electron chi connectivity index (χ1n) is 7.20. The predicted octanol–water partition coefficient (Wildman–Crippen LogP) is 2.29. The van der Waals surface area contributed by atoms with Gasteiger partial charge in [0.05, 0.1) is 16.9 Å². The lowest BCUT2D eigenvalue weighted by molar-refractivity contribution is -0.185. The van der Waals surface area contributed by atoms with E-state index in [0.717, 1.165) is 0 Å². The highest BCUT2D eigenvalue weighted by atomic mass is 32.2. The van der Waals surface area contributed by atoms with Crippen molar-refractivity contribution in [1.82, 2.24) is 0 Å². The maximum absolute atomic E-state index is 12.6. The summed E-state index contributed by atoms with van der Waals surface area (Å²) in [4.78, 5) is -0.0777. The Morgan fingerprint density at radius 3 is 2.26 bits per heavy atom. The Hall–Kier alpha value is -1.32. The molecule has 130 valence electrons. The summed E-state index contributed by atoms with van der Waals surface area (Å²) < 4.78 is 66.3. The van der Waals surface area contributed by atoms with Crippen molar-refractivity contribution in [2.75, 3.05) is 0 Å². The summed E-state index contributed by atoms with van der Waals surface area (Å²) in [5.41, 5.74) is 6.04. The molecule has 1 fully saturated rings. The number of primary sulfonamides is 1. The fourth-order valence-corrected chi connectivity index (χ4v) is 3.26. The minimum atomic E-state index is -4.16. The van der Waals surface area contributed by atoms with Gasteiger partial charge in [-0.2, -0.15) is 13.2 Å². The van der Waals surface area contributed by atoms with Crippen LogP contribution in [-0.2, 0) is 16.6 Å². The summed E-state index contributed by atoms with van der Waals surface area (Å²) in [6.07, 6.45) is -3.84. The summed E-state index contributed by atoms with van der Waals surface area (Å²) >= 11 is 0. The second-order valence-electron chi connectivity index (χ2n) is 5.65. The van der Waals surface area contributed by atoms with Crippen molar-refractivity contribution in [2.24, 2.45) is 16.8 Å². The lowest BCUT2D eigenvalue weighted by Crippen LogP contribution is -2.32. The van der Waals surface area contributed by atoms with E-state index in [1.807, 2.05) is 0 Å². The van der Waals surface area contributed by atoms with E-state index in [1.54, 1.807) is 0 Å². The van der Waals surface area contributed by atoms with Gasteiger partial charge in [-0.05, 0) is 43.9 Å². The molecule has 0 bridgehead atoms. The van der Waals surface area contributed by atoms with Gasteiger partial charge in [-0.3, -0.25) is 0 Å². The molecule has 0 amide bonds. The largest absolute Gasteiger partial charge is 0.490 e. The van der Waals surface area contributed by atoms with Crippen molar-refractivity contribution < 1.29 is 26.3 Å². The normalized spacial score (nSPS) is 22.8. The fraction of sp³-hybridized carbons (Fsp3) is 0.571. The molecule has 1 aromatic rings. The van der Waals surface area contributed by atoms with Crippen LogP contribution in [-0.4, -0.2) is 20.7 Å². The second kappa shape index (κ2) is 6.66. The van der Waals surface area contributed by atoms with Crippen molar-refractivity contribution in [3.63, 3.8) is 0 Å². The Morgan fingerprint density at radius 1 is 1.17 bits per heavy atom. The van der Waals surface area contributed by atoms with Crippen LogP contribution in [0.3, 0.4) is 0 Å². The molecule has 23 heavy (non-hydrogen) atoms. The summed E-state index contributed by atoms with van der Waals surface area (Å²) in [7, 11) is -3.85. The monoisotopic (exact) mass is 352 g/mol. The first-order valence-corrected chi connectivity index (χ1v) is 8.75. The summed E-state index contributed by atoms with van der Waals surface area (Å²) in [6, 6.07) is 4.06. The topological polar surface area (TPSA) is 95.4 Å². The number of rotatable bonds is 4. The number of halogens is 3. The van der Waals surface area contributed by atoms with Gasteiger partial charge in [-0.15, -0.1) is 0 Å². The van der Waals surface area contributed by atoms with Crippen molar-refractivity contribution in [1.29, 1.82) is 0 Å². The Labute approximate surface area is 132 Å². The molecule has 0 unspecified atom stereocenters. The molecule has 0 atom stereocenters. The van der Waals surface area contributed by atoms with Gasteiger partial charge in [0.1, 0.15) is 5.75 Å². The average Bonchev–Trinajstić information content (AvgIpc) is 2.46. The van der Waals surface area contributed by atoms with Crippen LogP contribution in [0.1, 0.15) is 31.2 Å². The third kappa shape index (κ3) is 4.58. The number of ether oxygens (including phenoxy) is 1. The molecule has 1 saturated carbocycles. The van der Waals surface area contributed by atoms with Gasteiger partial charge in [0.2, 0.25) is 10.0 Å². The van der Waals surface area contributed by atoms with E-state index in [4.69, 9.17) is 15.6 Å². The molecule has 0 saturated heterocycles. The molecule has 1 aliphatic carbocycles. The Morgan fingerprint density at radius 2 is 1.78 bits per heavy atom. The SMILES string of the molecule is NCc1cc(S(N)(=O)=O)ccc1OC1CCC(C(F)(F)F)CC1. The van der Waals surface area contributed by atoms with E-state index >= 15 is 0 Å². The quantitative estimate of drug-likeness (QED) is 0.869. The van der Waals surface area contributed by atoms with Crippen LogP contribution in [0, 0.1) is 5.92 Å². The van der Waals surface area contributed by atoms with Crippen LogP contribution < -0.4 is 15.6 Å². The van der Waals surface area contributed by atoms with Gasteiger partial charge >= 0.3 is 6.18 Å². The predicted molar refractivity (Wildman–Crippen MR) is 78.1 cm³/mol. The summed E-state index contributed by atoms with van der Waals surface area (Å²) in [5, 5.41) is 5.05. The van der Waals surface area contributed by atoms with Crippen LogP contribution in [0.15, 0.2) is 23.1 Å². The van der Waals surface area contributed by atoms with E-state index < -0.39 is 22.1 Å². The highest BCUT2D eigenvalue weighted by Gasteiger charge is 2.41. The van der Waals surface area contributed by atoms with Crippen molar-refractivity contribution >= 4 is 10.0 Å². The highest BCUT2D eigenvalue weighted by Crippen LogP contribution is 2.38. The molecule has 5 nitrogen and oxygen atoms in total. The molecule has 0 radical (unpaired) electrons. The number of nitrogens with two attached hydrogens (primary N) is 2. The van der Waals surface area contributed by atoms with Crippen LogP contribution >= 0.6 is 0 Å². The first kappa shape index (κ1) is 18.0. The molecule has 0 heterocycles. The number of sulfonamides is 1. The van der Waals surface area contributed by atoms with E-state index in [0.29, 0.717) is 24.2 Å². The highest BCUT2D eigenvalue weighted by molar-refractivity contribution is 7.89. The molecule has 1 aromatic carbocycles. The van der Waals surface area contributed by atoms with E-state index in [1.165, 1.54) is 18.2 Å². The Balaban J connectivity index is 2.07. The molecular weight excluding hydrogens is 333 g/mol. The second-order valence-corrected chi connectivity index (χ2v) is 7.21. The van der Waals surface area contributed by atoms with E-state index in [9.17, 15) is 21.6 Å². The standard InChI is InChI=1S/C14H19F3N2O3S/c15-14(16,17)10-1-3-11(4-2-10)22-13-6-5-12(23(19,20)21)7-9(13)8-18/h5-7,10-11H,1-4,8,18H2,(H2,19,20,21). The number of alkyl halides is 3. The van der Waals surface area contributed by atoms with Gasteiger partial charge < -0.3 is 10.5 Å². The lowest BCUT2D eigenvalue weighted by Gasteiger charge is -2.30. The van der Waals surface area contributed by atoms with Crippen LogP contribution in [0.2, 0.25) is 0 Å². The van der Waals surface area contributed by atoms with Crippen molar-refractivity contribution in [2.45, 2.75) is 49.4 Å². The van der Waals surface area contributed by atoms with Crippen molar-refractivity contribution in [3.05, 3.63) is 23.8 Å². The molecule has 0 aliphatic heterocycles. The van der Waals surface area contributed by atoms with Crippen LogP contribution in [0.5, 0.6) is 5.75 Å². The first-order chi connectivity index (χ1) is 10.6. The summed E-state index contributed by atoms with van der Waals surface area (Å²) in [6.45, 7) is 0.0383. The molecule has 4 N–H and O–H groups in total. The molecule has 1 aliphatic rings. The van der Waals surface area contributed by atoms with Gasteiger partial charge in [0.25, 0.3) is 0 Å². The zero-order valence-electron chi connectivity index (χ0n) is 12.3. The van der Waals surface area contributed by atoms with Gasteiger partial charge in [0, 0.05) is 12.1 Å². The number of hydrogen-bond acceptors (Lipinski definition) is 4. The lowest BCUT2D eigenvalue weighted by atomic mass is 9.87.